The van der Waals surface area contributed by atoms with Gasteiger partial charge < -0.3 is 24.8 Å². The van der Waals surface area contributed by atoms with E-state index in [4.69, 9.17) is 14.6 Å². The second kappa shape index (κ2) is 12.2. The van der Waals surface area contributed by atoms with Crippen LogP contribution in [0.25, 0.3) is 6.08 Å². The van der Waals surface area contributed by atoms with E-state index in [2.05, 4.69) is 34.8 Å². The SMILES string of the molecule is CCOc1cc(/C=C2\SC(Nc3ccccc3)N([C@H]3CCCC[C@@H]3C)C2=O)cc(I)c1OCC(=O)O. The van der Waals surface area contributed by atoms with Crippen molar-refractivity contribution in [3.63, 3.8) is 0 Å². The first-order valence-electron chi connectivity index (χ1n) is 12.2. The smallest absolute Gasteiger partial charge is 0.341 e. The highest BCUT2D eigenvalue weighted by molar-refractivity contribution is 14.1. The zero-order valence-electron chi connectivity index (χ0n) is 20.4. The number of halogens is 1. The predicted octanol–water partition coefficient (Wildman–Crippen LogP) is 6.04. The maximum atomic E-state index is 13.8. The lowest BCUT2D eigenvalue weighted by molar-refractivity contribution is -0.139. The molecule has 1 aliphatic carbocycles. The number of benzene rings is 2. The van der Waals surface area contributed by atoms with Crippen molar-refractivity contribution < 1.29 is 24.2 Å². The van der Waals surface area contributed by atoms with E-state index < -0.39 is 12.6 Å². The monoisotopic (exact) mass is 622 g/mol. The van der Waals surface area contributed by atoms with Crippen molar-refractivity contribution in [2.75, 3.05) is 18.5 Å². The number of anilines is 1. The number of hydrogen-bond donors (Lipinski definition) is 2. The van der Waals surface area contributed by atoms with Crippen molar-refractivity contribution in [1.82, 2.24) is 4.90 Å². The number of nitrogens with one attached hydrogen (secondary N) is 1. The largest absolute Gasteiger partial charge is 0.490 e. The Labute approximate surface area is 229 Å². The molecule has 0 radical (unpaired) electrons. The summed E-state index contributed by atoms with van der Waals surface area (Å²) in [6.07, 6.45) is 6.38. The summed E-state index contributed by atoms with van der Waals surface area (Å²) >= 11 is 3.64. The fourth-order valence-electron chi connectivity index (χ4n) is 4.73. The van der Waals surface area contributed by atoms with Gasteiger partial charge >= 0.3 is 5.97 Å². The molecule has 4 rings (SSSR count). The van der Waals surface area contributed by atoms with Gasteiger partial charge in [0.15, 0.2) is 23.6 Å². The molecule has 2 aliphatic rings. The number of aliphatic carboxylic acids is 1. The number of rotatable bonds is 9. The lowest BCUT2D eigenvalue weighted by atomic mass is 9.85. The number of amides is 1. The Bertz CT molecular complexity index is 1130. The van der Waals surface area contributed by atoms with E-state index in [0.29, 0.717) is 28.9 Å². The van der Waals surface area contributed by atoms with Crippen molar-refractivity contribution in [2.45, 2.75) is 51.1 Å². The molecule has 36 heavy (non-hydrogen) atoms. The van der Waals surface area contributed by atoms with Crippen LogP contribution in [0.3, 0.4) is 0 Å². The first-order valence-corrected chi connectivity index (χ1v) is 14.2. The van der Waals surface area contributed by atoms with Crippen LogP contribution in [0.15, 0.2) is 47.4 Å². The molecule has 1 heterocycles. The normalized spacial score (nSPS) is 23.1. The van der Waals surface area contributed by atoms with Crippen molar-refractivity contribution in [3.8, 4) is 11.5 Å². The van der Waals surface area contributed by atoms with Gasteiger partial charge in [-0.25, -0.2) is 4.79 Å². The van der Waals surface area contributed by atoms with Crippen LogP contribution in [-0.2, 0) is 9.59 Å². The highest BCUT2D eigenvalue weighted by atomic mass is 127. The molecule has 0 spiro atoms. The van der Waals surface area contributed by atoms with Crippen LogP contribution in [0.2, 0.25) is 0 Å². The van der Waals surface area contributed by atoms with Gasteiger partial charge in [0.2, 0.25) is 0 Å². The predicted molar refractivity (Wildman–Crippen MR) is 151 cm³/mol. The lowest BCUT2D eigenvalue weighted by Crippen LogP contribution is -2.48. The lowest BCUT2D eigenvalue weighted by Gasteiger charge is -2.39. The molecule has 192 valence electrons. The molecule has 7 nitrogen and oxygen atoms in total. The first-order chi connectivity index (χ1) is 17.4. The molecule has 1 saturated carbocycles. The van der Waals surface area contributed by atoms with Gasteiger partial charge in [-0.2, -0.15) is 0 Å². The molecule has 2 N–H and O–H groups in total. The topological polar surface area (TPSA) is 88.1 Å². The van der Waals surface area contributed by atoms with Crippen molar-refractivity contribution in [1.29, 1.82) is 0 Å². The minimum Gasteiger partial charge on any atom is -0.490 e. The fourth-order valence-corrected chi connectivity index (χ4v) is 6.72. The molecule has 1 aliphatic heterocycles. The molecule has 2 aromatic rings. The number of hydrogen-bond acceptors (Lipinski definition) is 6. The van der Waals surface area contributed by atoms with Crippen LogP contribution < -0.4 is 14.8 Å². The average molecular weight is 623 g/mol. The minimum absolute atomic E-state index is 0.0337. The molecule has 2 fully saturated rings. The third-order valence-electron chi connectivity index (χ3n) is 6.39. The highest BCUT2D eigenvalue weighted by Crippen LogP contribution is 2.43. The zero-order valence-corrected chi connectivity index (χ0v) is 23.4. The second-order valence-electron chi connectivity index (χ2n) is 8.98. The Morgan fingerprint density at radius 1 is 1.22 bits per heavy atom. The fraction of sp³-hybridized carbons (Fsp3) is 0.407. The summed E-state index contributed by atoms with van der Waals surface area (Å²) in [5.41, 5.74) is 1.59. The average Bonchev–Trinajstić information content (AvgIpc) is 3.13. The molecule has 0 bridgehead atoms. The van der Waals surface area contributed by atoms with Crippen LogP contribution in [-0.4, -0.2) is 46.6 Å². The molecular weight excluding hydrogens is 591 g/mol. The van der Waals surface area contributed by atoms with Gasteiger partial charge in [0, 0.05) is 11.7 Å². The molecule has 0 aromatic heterocycles. The van der Waals surface area contributed by atoms with E-state index in [1.165, 1.54) is 18.2 Å². The van der Waals surface area contributed by atoms with Crippen LogP contribution in [0.4, 0.5) is 5.69 Å². The van der Waals surface area contributed by atoms with E-state index in [1.54, 1.807) is 6.07 Å². The molecule has 1 amide bonds. The number of carboxylic acids is 1. The van der Waals surface area contributed by atoms with E-state index in [0.717, 1.165) is 34.1 Å². The van der Waals surface area contributed by atoms with E-state index in [9.17, 15) is 9.59 Å². The Morgan fingerprint density at radius 2 is 1.97 bits per heavy atom. The number of carbonyl (C=O) groups is 2. The van der Waals surface area contributed by atoms with Crippen LogP contribution >= 0.6 is 34.4 Å². The van der Waals surface area contributed by atoms with Crippen molar-refractivity contribution >= 4 is 58.0 Å². The minimum atomic E-state index is -1.05. The third kappa shape index (κ3) is 6.29. The number of nitrogens with zero attached hydrogens (tertiary/aromatic N) is 1. The Hall–Kier alpha value is -2.40. The Kier molecular flexibility index (Phi) is 9.05. The van der Waals surface area contributed by atoms with E-state index >= 15 is 0 Å². The maximum Gasteiger partial charge on any atom is 0.341 e. The van der Waals surface area contributed by atoms with E-state index in [-0.39, 0.29) is 17.4 Å². The summed E-state index contributed by atoms with van der Waals surface area (Å²) in [5, 5.41) is 12.6. The van der Waals surface area contributed by atoms with Gasteiger partial charge in [-0.05, 0) is 84.2 Å². The van der Waals surface area contributed by atoms with Crippen LogP contribution in [0, 0.1) is 9.49 Å². The summed E-state index contributed by atoms with van der Waals surface area (Å²) in [7, 11) is 0. The Morgan fingerprint density at radius 3 is 2.67 bits per heavy atom. The van der Waals surface area contributed by atoms with Gasteiger partial charge in [0.1, 0.15) is 0 Å². The van der Waals surface area contributed by atoms with Crippen molar-refractivity contribution in [2.24, 2.45) is 5.92 Å². The number of ether oxygens (including phenoxy) is 2. The molecule has 1 unspecified atom stereocenters. The molecule has 1 saturated heterocycles. The quantitative estimate of drug-likeness (QED) is 0.260. The second-order valence-corrected chi connectivity index (χ2v) is 11.3. The zero-order chi connectivity index (χ0) is 25.7. The third-order valence-corrected chi connectivity index (χ3v) is 8.31. The summed E-state index contributed by atoms with van der Waals surface area (Å²) in [6.45, 7) is 4.06. The number of para-hydroxylation sites is 1. The van der Waals surface area contributed by atoms with Crippen LogP contribution in [0.1, 0.15) is 45.1 Å². The summed E-state index contributed by atoms with van der Waals surface area (Å²) in [4.78, 5) is 27.5. The molecule has 9 heteroatoms. The number of carbonyl (C=O) groups excluding carboxylic acids is 1. The number of carboxylic acid groups (broad SMARTS) is 1. The highest BCUT2D eigenvalue weighted by Gasteiger charge is 2.42. The van der Waals surface area contributed by atoms with E-state index in [1.807, 2.05) is 54.3 Å². The molecule has 2 aromatic carbocycles. The van der Waals surface area contributed by atoms with Crippen molar-refractivity contribution in [3.05, 3.63) is 56.5 Å². The maximum absolute atomic E-state index is 13.8. The summed E-state index contributed by atoms with van der Waals surface area (Å²) in [5.74, 6) is 0.282. The standard InChI is InChI=1S/C27H31IN2O5S/c1-3-34-22-14-18(13-20(28)25(22)35-16-24(31)32)15-23-26(33)30(21-12-8-7-9-17(21)2)27(36-23)29-19-10-5-4-6-11-19/h4-6,10-11,13-15,17,21,27,29H,3,7-9,12,16H2,1-2H3,(H,31,32)/b23-15-/t17-,21-,27?/m0/s1. The molecule has 3 atom stereocenters. The molecular formula is C27H31IN2O5S. The number of thioether (sulfide) groups is 1. The van der Waals surface area contributed by atoms with Gasteiger partial charge in [-0.3, -0.25) is 4.79 Å². The summed E-state index contributed by atoms with van der Waals surface area (Å²) in [6, 6.07) is 13.9. The summed E-state index contributed by atoms with van der Waals surface area (Å²) < 4.78 is 11.9. The van der Waals surface area contributed by atoms with Gasteiger partial charge in [0.25, 0.3) is 5.91 Å². The first kappa shape index (κ1) is 26.7. The van der Waals surface area contributed by atoms with Gasteiger partial charge in [-0.15, -0.1) is 0 Å². The van der Waals surface area contributed by atoms with Gasteiger partial charge in [0.05, 0.1) is 15.1 Å². The van der Waals surface area contributed by atoms with Crippen LogP contribution in [0.5, 0.6) is 11.5 Å². The van der Waals surface area contributed by atoms with Gasteiger partial charge in [-0.1, -0.05) is 49.7 Å². The Balaban J connectivity index is 1.66.